The van der Waals surface area contributed by atoms with E-state index in [9.17, 15) is 9.59 Å². The number of benzene rings is 1. The highest BCUT2D eigenvalue weighted by molar-refractivity contribution is 6.04. The molecule has 3 aromatic heterocycles. The maximum absolute atomic E-state index is 12.5. The molecule has 0 radical (unpaired) electrons. The summed E-state index contributed by atoms with van der Waals surface area (Å²) in [6.07, 6.45) is 1.61. The van der Waals surface area contributed by atoms with Crippen LogP contribution in [0.4, 0.5) is 11.4 Å². The molecule has 4 N–H and O–H groups in total. The summed E-state index contributed by atoms with van der Waals surface area (Å²) in [5.74, 6) is -0.389. The molecule has 4 aromatic rings. The first-order valence-corrected chi connectivity index (χ1v) is 9.10. The minimum absolute atomic E-state index is 0.109. The average Bonchev–Trinajstić information content (AvgIpc) is 3.25. The van der Waals surface area contributed by atoms with Gasteiger partial charge in [0.1, 0.15) is 5.65 Å². The molecule has 0 aliphatic rings. The molecule has 4 rings (SSSR count). The van der Waals surface area contributed by atoms with E-state index in [-0.39, 0.29) is 11.8 Å². The van der Waals surface area contributed by atoms with E-state index in [4.69, 9.17) is 0 Å². The second kappa shape index (κ2) is 7.23. The molecule has 8 heteroatoms. The van der Waals surface area contributed by atoms with Crippen LogP contribution in [0, 0.1) is 13.8 Å². The molecule has 0 atom stereocenters. The van der Waals surface area contributed by atoms with Crippen LogP contribution in [0.2, 0.25) is 0 Å². The second-order valence-corrected chi connectivity index (χ2v) is 6.88. The number of aromatic amines is 2. The summed E-state index contributed by atoms with van der Waals surface area (Å²) in [6, 6.07) is 11.4. The number of hydrogen-bond acceptors (Lipinski definition) is 4. The van der Waals surface area contributed by atoms with E-state index in [0.717, 1.165) is 39.2 Å². The Labute approximate surface area is 166 Å². The van der Waals surface area contributed by atoms with E-state index >= 15 is 0 Å². The van der Waals surface area contributed by atoms with Crippen LogP contribution in [0.3, 0.4) is 0 Å². The Hall–Kier alpha value is -3.94. The minimum Gasteiger partial charge on any atom is -0.339 e. The fourth-order valence-electron chi connectivity index (χ4n) is 3.07. The maximum Gasteiger partial charge on any atom is 0.276 e. The summed E-state index contributed by atoms with van der Waals surface area (Å²) in [4.78, 5) is 31.3. The lowest BCUT2D eigenvalue weighted by atomic mass is 10.1. The lowest BCUT2D eigenvalue weighted by molar-refractivity contribution is -0.114. The molecule has 0 aliphatic carbocycles. The van der Waals surface area contributed by atoms with Crippen molar-refractivity contribution in [2.75, 3.05) is 10.6 Å². The number of hydrogen-bond donors (Lipinski definition) is 4. The molecule has 0 aliphatic heterocycles. The fourth-order valence-corrected chi connectivity index (χ4v) is 3.07. The van der Waals surface area contributed by atoms with Crippen molar-refractivity contribution < 1.29 is 9.59 Å². The van der Waals surface area contributed by atoms with Gasteiger partial charge in [0.2, 0.25) is 5.91 Å². The first-order valence-electron chi connectivity index (χ1n) is 9.10. The molecule has 0 saturated carbocycles. The number of carbonyl (C=O) groups is 2. The van der Waals surface area contributed by atoms with Gasteiger partial charge in [-0.2, -0.15) is 5.10 Å². The van der Waals surface area contributed by atoms with E-state index in [1.165, 1.54) is 6.92 Å². The molecule has 0 bridgehead atoms. The van der Waals surface area contributed by atoms with Crippen LogP contribution in [0.1, 0.15) is 28.7 Å². The fraction of sp³-hybridized carbons (Fsp3) is 0.143. The summed E-state index contributed by atoms with van der Waals surface area (Å²) < 4.78 is 0. The Kier molecular flexibility index (Phi) is 4.59. The van der Waals surface area contributed by atoms with Gasteiger partial charge in [0, 0.05) is 34.9 Å². The number of amides is 2. The molecule has 8 nitrogen and oxygen atoms in total. The summed E-state index contributed by atoms with van der Waals surface area (Å²) in [5, 5.41) is 13.3. The summed E-state index contributed by atoms with van der Waals surface area (Å²) in [6.45, 7) is 5.20. The molecular formula is C21H20N6O2. The van der Waals surface area contributed by atoms with Crippen molar-refractivity contribution >= 4 is 34.2 Å². The number of H-pyrrole nitrogens is 2. The van der Waals surface area contributed by atoms with Gasteiger partial charge in [-0.05, 0) is 43.7 Å². The first-order chi connectivity index (χ1) is 13.9. The van der Waals surface area contributed by atoms with Crippen LogP contribution in [-0.4, -0.2) is 32.0 Å². The SMILES string of the molecule is CC(=O)Nc1ccc(-c2cc3cc(NC(=O)c4n[nH]c(C)c4C)cnc3[nH]2)cc1. The number of pyridine rings is 1. The monoisotopic (exact) mass is 388 g/mol. The van der Waals surface area contributed by atoms with Gasteiger partial charge < -0.3 is 15.6 Å². The molecule has 3 heterocycles. The Morgan fingerprint density at radius 1 is 1.00 bits per heavy atom. The summed E-state index contributed by atoms with van der Waals surface area (Å²) in [7, 11) is 0. The molecular weight excluding hydrogens is 368 g/mol. The molecule has 146 valence electrons. The van der Waals surface area contributed by atoms with Crippen LogP contribution in [0.5, 0.6) is 0 Å². The molecule has 2 amide bonds. The zero-order valence-corrected chi connectivity index (χ0v) is 16.3. The number of anilines is 2. The Morgan fingerprint density at radius 3 is 2.41 bits per heavy atom. The van der Waals surface area contributed by atoms with Gasteiger partial charge in [0.05, 0.1) is 11.9 Å². The number of nitrogens with zero attached hydrogens (tertiary/aromatic N) is 2. The van der Waals surface area contributed by atoms with Gasteiger partial charge in [-0.15, -0.1) is 0 Å². The number of aryl methyl sites for hydroxylation is 1. The number of rotatable bonds is 4. The Balaban J connectivity index is 1.57. The lowest BCUT2D eigenvalue weighted by Gasteiger charge is -2.03. The smallest absolute Gasteiger partial charge is 0.276 e. The standard InChI is InChI=1S/C21H20N6O2/c1-11-12(2)26-27-19(11)21(29)24-17-8-15-9-18(25-20(15)22-10-17)14-4-6-16(7-5-14)23-13(3)28/h4-10H,1-3H3,(H,22,25)(H,23,28)(H,24,29)(H,26,27). The van der Waals surface area contributed by atoms with Gasteiger partial charge in [0.25, 0.3) is 5.91 Å². The van der Waals surface area contributed by atoms with E-state index in [2.05, 4.69) is 30.8 Å². The topological polar surface area (TPSA) is 116 Å². The Bertz CT molecular complexity index is 1220. The van der Waals surface area contributed by atoms with E-state index in [1.807, 2.05) is 50.2 Å². The number of nitrogens with one attached hydrogen (secondary N) is 4. The summed E-state index contributed by atoms with van der Waals surface area (Å²) in [5.41, 5.74) is 5.96. The number of aromatic nitrogens is 4. The molecule has 0 unspecified atom stereocenters. The average molecular weight is 388 g/mol. The van der Waals surface area contributed by atoms with Gasteiger partial charge in [0.15, 0.2) is 5.69 Å². The van der Waals surface area contributed by atoms with Crippen molar-refractivity contribution in [3.63, 3.8) is 0 Å². The van der Waals surface area contributed by atoms with Gasteiger partial charge in [-0.3, -0.25) is 14.7 Å². The maximum atomic E-state index is 12.5. The third kappa shape index (κ3) is 3.73. The minimum atomic E-state index is -0.280. The van der Waals surface area contributed by atoms with E-state index < -0.39 is 0 Å². The van der Waals surface area contributed by atoms with Crippen molar-refractivity contribution in [3.8, 4) is 11.3 Å². The highest BCUT2D eigenvalue weighted by atomic mass is 16.2. The predicted octanol–water partition coefficient (Wildman–Crippen LogP) is 3.78. The Morgan fingerprint density at radius 2 is 1.76 bits per heavy atom. The highest BCUT2D eigenvalue weighted by Gasteiger charge is 2.15. The molecule has 1 aromatic carbocycles. The molecule has 0 spiro atoms. The summed E-state index contributed by atoms with van der Waals surface area (Å²) >= 11 is 0. The van der Waals surface area contributed by atoms with Crippen molar-refractivity contribution in [2.45, 2.75) is 20.8 Å². The van der Waals surface area contributed by atoms with Gasteiger partial charge >= 0.3 is 0 Å². The van der Waals surface area contributed by atoms with Crippen LogP contribution < -0.4 is 10.6 Å². The molecule has 0 saturated heterocycles. The normalized spacial score (nSPS) is 10.9. The van der Waals surface area contributed by atoms with Gasteiger partial charge in [-0.25, -0.2) is 4.98 Å². The zero-order chi connectivity index (χ0) is 20.5. The zero-order valence-electron chi connectivity index (χ0n) is 16.3. The number of carbonyl (C=O) groups excluding carboxylic acids is 2. The molecule has 29 heavy (non-hydrogen) atoms. The number of fused-ring (bicyclic) bond motifs is 1. The highest BCUT2D eigenvalue weighted by Crippen LogP contribution is 2.26. The van der Waals surface area contributed by atoms with Crippen molar-refractivity contribution in [1.82, 2.24) is 20.2 Å². The van der Waals surface area contributed by atoms with Gasteiger partial charge in [-0.1, -0.05) is 12.1 Å². The van der Waals surface area contributed by atoms with Crippen LogP contribution in [0.25, 0.3) is 22.3 Å². The van der Waals surface area contributed by atoms with Crippen molar-refractivity contribution in [1.29, 1.82) is 0 Å². The molecule has 0 fully saturated rings. The quantitative estimate of drug-likeness (QED) is 0.426. The third-order valence-corrected chi connectivity index (χ3v) is 4.71. The van der Waals surface area contributed by atoms with Crippen molar-refractivity contribution in [3.05, 3.63) is 59.5 Å². The third-order valence-electron chi connectivity index (χ3n) is 4.71. The second-order valence-electron chi connectivity index (χ2n) is 6.88. The first kappa shape index (κ1) is 18.4. The van der Waals surface area contributed by atoms with Crippen LogP contribution >= 0.6 is 0 Å². The largest absolute Gasteiger partial charge is 0.339 e. The van der Waals surface area contributed by atoms with Crippen molar-refractivity contribution in [2.24, 2.45) is 0 Å². The van der Waals surface area contributed by atoms with E-state index in [1.54, 1.807) is 6.20 Å². The van der Waals surface area contributed by atoms with Crippen LogP contribution in [-0.2, 0) is 4.79 Å². The van der Waals surface area contributed by atoms with E-state index in [0.29, 0.717) is 11.4 Å². The predicted molar refractivity (Wildman–Crippen MR) is 112 cm³/mol. The van der Waals surface area contributed by atoms with Crippen LogP contribution in [0.15, 0.2) is 42.6 Å². The lowest BCUT2D eigenvalue weighted by Crippen LogP contribution is -2.13.